The van der Waals surface area contributed by atoms with Gasteiger partial charge in [0.1, 0.15) is 0 Å². The van der Waals surface area contributed by atoms with Crippen LogP contribution >= 0.6 is 15.9 Å². The van der Waals surface area contributed by atoms with E-state index in [1.54, 1.807) is 0 Å². The maximum Gasteiger partial charge on any atom is 0.0995 e. The number of nitrogens with zero attached hydrogens (tertiary/aromatic N) is 1. The van der Waals surface area contributed by atoms with Crippen molar-refractivity contribution in [2.24, 2.45) is 0 Å². The van der Waals surface area contributed by atoms with Gasteiger partial charge < -0.3 is 4.74 Å². The van der Waals surface area contributed by atoms with Crippen LogP contribution in [0.15, 0.2) is 16.6 Å². The maximum atomic E-state index is 5.57. The Bertz CT molecular complexity index is 288. The van der Waals surface area contributed by atoms with Gasteiger partial charge in [0.15, 0.2) is 0 Å². The van der Waals surface area contributed by atoms with E-state index in [2.05, 4.69) is 20.9 Å². The Morgan fingerprint density at radius 3 is 3.00 bits per heavy atom. The minimum absolute atomic E-state index is 0.219. The second-order valence-corrected chi connectivity index (χ2v) is 4.27. The van der Waals surface area contributed by atoms with Crippen molar-refractivity contribution in [3.63, 3.8) is 0 Å². The van der Waals surface area contributed by atoms with E-state index in [0.29, 0.717) is 0 Å². The van der Waals surface area contributed by atoms with Gasteiger partial charge in [0.25, 0.3) is 0 Å². The number of pyridine rings is 1. The van der Waals surface area contributed by atoms with E-state index in [0.717, 1.165) is 35.3 Å². The Balaban J connectivity index is 2.28. The highest BCUT2D eigenvalue weighted by molar-refractivity contribution is 9.10. The second kappa shape index (κ2) is 3.76. The van der Waals surface area contributed by atoms with Gasteiger partial charge in [0.2, 0.25) is 0 Å². The third-order valence-corrected chi connectivity index (χ3v) is 2.66. The molecule has 1 aromatic rings. The molecule has 0 spiro atoms. The van der Waals surface area contributed by atoms with Gasteiger partial charge in [-0.05, 0) is 31.9 Å². The van der Waals surface area contributed by atoms with Crippen LogP contribution in [0.5, 0.6) is 0 Å². The minimum atomic E-state index is 0.219. The quantitative estimate of drug-likeness (QED) is 0.755. The third kappa shape index (κ3) is 2.09. The van der Waals surface area contributed by atoms with Crippen molar-refractivity contribution in [1.82, 2.24) is 4.98 Å². The van der Waals surface area contributed by atoms with Crippen molar-refractivity contribution in [2.75, 3.05) is 6.61 Å². The first-order chi connectivity index (χ1) is 6.25. The molecule has 0 N–H and O–H groups in total. The van der Waals surface area contributed by atoms with Gasteiger partial charge in [-0.2, -0.15) is 0 Å². The second-order valence-electron chi connectivity index (χ2n) is 3.35. The van der Waals surface area contributed by atoms with Gasteiger partial charge in [-0.25, -0.2) is 0 Å². The monoisotopic (exact) mass is 241 g/mol. The van der Waals surface area contributed by atoms with Crippen molar-refractivity contribution in [3.05, 3.63) is 28.0 Å². The van der Waals surface area contributed by atoms with Crippen LogP contribution in [-0.2, 0) is 4.74 Å². The van der Waals surface area contributed by atoms with Crippen LogP contribution in [-0.4, -0.2) is 11.6 Å². The number of aromatic nitrogens is 1. The summed E-state index contributed by atoms with van der Waals surface area (Å²) in [5.74, 6) is 0. The Hall–Kier alpha value is -0.410. The summed E-state index contributed by atoms with van der Waals surface area (Å²) >= 11 is 3.46. The summed E-state index contributed by atoms with van der Waals surface area (Å²) in [6, 6.07) is 4.06. The molecule has 70 valence electrons. The van der Waals surface area contributed by atoms with E-state index in [1.165, 1.54) is 0 Å². The van der Waals surface area contributed by atoms with E-state index >= 15 is 0 Å². The minimum Gasteiger partial charge on any atom is -0.372 e. The molecule has 1 saturated heterocycles. The summed E-state index contributed by atoms with van der Waals surface area (Å²) < 4.78 is 6.65. The Morgan fingerprint density at radius 1 is 1.54 bits per heavy atom. The molecule has 3 heteroatoms. The first-order valence-corrected chi connectivity index (χ1v) is 5.31. The number of hydrogen-bond acceptors (Lipinski definition) is 2. The zero-order valence-electron chi connectivity index (χ0n) is 7.59. The van der Waals surface area contributed by atoms with E-state index in [-0.39, 0.29) is 6.10 Å². The van der Waals surface area contributed by atoms with Crippen molar-refractivity contribution in [3.8, 4) is 0 Å². The molecule has 1 aliphatic rings. The zero-order chi connectivity index (χ0) is 9.26. The van der Waals surface area contributed by atoms with E-state index < -0.39 is 0 Å². The Kier molecular flexibility index (Phi) is 2.65. The normalized spacial score (nSPS) is 22.2. The zero-order valence-corrected chi connectivity index (χ0v) is 9.17. The van der Waals surface area contributed by atoms with Gasteiger partial charge in [0.05, 0.1) is 11.8 Å². The number of aryl methyl sites for hydroxylation is 1. The molecule has 1 unspecified atom stereocenters. The predicted octanol–water partition coefficient (Wildman–Crippen LogP) is 3.00. The molecule has 0 radical (unpaired) electrons. The van der Waals surface area contributed by atoms with E-state index in [9.17, 15) is 0 Å². The topological polar surface area (TPSA) is 22.1 Å². The van der Waals surface area contributed by atoms with Crippen LogP contribution in [0, 0.1) is 6.92 Å². The van der Waals surface area contributed by atoms with Gasteiger partial charge in [-0.15, -0.1) is 0 Å². The van der Waals surface area contributed by atoms with Crippen LogP contribution < -0.4 is 0 Å². The molecular formula is C10H12BrNO. The summed E-state index contributed by atoms with van der Waals surface area (Å²) in [6.45, 7) is 2.88. The smallest absolute Gasteiger partial charge is 0.0995 e. The Labute approximate surface area is 86.5 Å². The molecule has 1 aromatic heterocycles. The lowest BCUT2D eigenvalue weighted by Gasteiger charge is -2.09. The SMILES string of the molecule is Cc1cc(Br)cc(C2CCCO2)n1. The lowest BCUT2D eigenvalue weighted by atomic mass is 10.1. The van der Waals surface area contributed by atoms with Crippen molar-refractivity contribution in [1.29, 1.82) is 0 Å². The molecule has 1 aliphatic heterocycles. The molecule has 1 fully saturated rings. The summed E-state index contributed by atoms with van der Waals surface area (Å²) in [5, 5.41) is 0. The fraction of sp³-hybridized carbons (Fsp3) is 0.500. The standard InChI is InChI=1S/C10H12BrNO/c1-7-5-8(11)6-9(12-7)10-3-2-4-13-10/h5-6,10H,2-4H2,1H3. The molecule has 0 amide bonds. The van der Waals surface area contributed by atoms with Crippen molar-refractivity contribution in [2.45, 2.75) is 25.9 Å². The molecule has 1 atom stereocenters. The van der Waals surface area contributed by atoms with Gasteiger partial charge in [-0.3, -0.25) is 4.98 Å². The maximum absolute atomic E-state index is 5.57. The van der Waals surface area contributed by atoms with Crippen molar-refractivity contribution < 1.29 is 4.74 Å². The van der Waals surface area contributed by atoms with Crippen molar-refractivity contribution >= 4 is 15.9 Å². The first kappa shape index (κ1) is 9.16. The summed E-state index contributed by atoms with van der Waals surface area (Å²) in [7, 11) is 0. The number of rotatable bonds is 1. The predicted molar refractivity (Wildman–Crippen MR) is 54.6 cm³/mol. The Morgan fingerprint density at radius 2 is 2.38 bits per heavy atom. The average Bonchev–Trinajstić information content (AvgIpc) is 2.53. The third-order valence-electron chi connectivity index (χ3n) is 2.20. The van der Waals surface area contributed by atoms with Crippen LogP contribution in [0.25, 0.3) is 0 Å². The van der Waals surface area contributed by atoms with Crippen LogP contribution in [0.4, 0.5) is 0 Å². The van der Waals surface area contributed by atoms with E-state index in [4.69, 9.17) is 4.74 Å². The number of hydrogen-bond donors (Lipinski definition) is 0. The molecule has 2 nitrogen and oxygen atoms in total. The van der Waals surface area contributed by atoms with Gasteiger partial charge in [0, 0.05) is 16.8 Å². The molecule has 13 heavy (non-hydrogen) atoms. The number of halogens is 1. The molecular weight excluding hydrogens is 230 g/mol. The highest BCUT2D eigenvalue weighted by Gasteiger charge is 2.19. The average molecular weight is 242 g/mol. The van der Waals surface area contributed by atoms with Crippen LogP contribution in [0.2, 0.25) is 0 Å². The molecule has 2 rings (SSSR count). The highest BCUT2D eigenvalue weighted by Crippen LogP contribution is 2.28. The lowest BCUT2D eigenvalue weighted by Crippen LogP contribution is -2.00. The number of ether oxygens (including phenoxy) is 1. The summed E-state index contributed by atoms with van der Waals surface area (Å²) in [4.78, 5) is 4.46. The summed E-state index contributed by atoms with van der Waals surface area (Å²) in [6.07, 6.45) is 2.47. The van der Waals surface area contributed by atoms with E-state index in [1.807, 2.05) is 19.1 Å². The van der Waals surface area contributed by atoms with Crippen LogP contribution in [0.3, 0.4) is 0 Å². The fourth-order valence-corrected chi connectivity index (χ4v) is 2.19. The highest BCUT2D eigenvalue weighted by atomic mass is 79.9. The van der Waals surface area contributed by atoms with Crippen LogP contribution in [0.1, 0.15) is 30.3 Å². The fourth-order valence-electron chi connectivity index (χ4n) is 1.63. The molecule has 0 saturated carbocycles. The van der Waals surface area contributed by atoms with Gasteiger partial charge >= 0.3 is 0 Å². The first-order valence-electron chi connectivity index (χ1n) is 4.51. The lowest BCUT2D eigenvalue weighted by molar-refractivity contribution is 0.108. The largest absolute Gasteiger partial charge is 0.372 e. The summed E-state index contributed by atoms with van der Waals surface area (Å²) in [5.41, 5.74) is 2.10. The molecule has 0 bridgehead atoms. The molecule has 0 aromatic carbocycles. The molecule has 2 heterocycles. The van der Waals surface area contributed by atoms with Gasteiger partial charge in [-0.1, -0.05) is 15.9 Å². The molecule has 0 aliphatic carbocycles.